The van der Waals surface area contributed by atoms with E-state index >= 15 is 0 Å². The highest BCUT2D eigenvalue weighted by molar-refractivity contribution is 9.10. The predicted octanol–water partition coefficient (Wildman–Crippen LogP) is 4.53. The lowest BCUT2D eigenvalue weighted by molar-refractivity contribution is 0.0709. The fourth-order valence-electron chi connectivity index (χ4n) is 1.77. The minimum atomic E-state index is -0.168. The largest absolute Gasteiger partial charge is 0.444 e. The fraction of sp³-hybridized carbons (Fsp3) is 0.214. The molecule has 0 saturated heterocycles. The summed E-state index contributed by atoms with van der Waals surface area (Å²) in [5, 5.41) is 0.658. The first-order chi connectivity index (χ1) is 8.99. The summed E-state index contributed by atoms with van der Waals surface area (Å²) < 4.78 is 5.82. The van der Waals surface area contributed by atoms with E-state index in [0.29, 0.717) is 15.5 Å². The fourth-order valence-corrected chi connectivity index (χ4v) is 2.27. The Labute approximate surface area is 125 Å². The third-order valence-corrected chi connectivity index (χ3v) is 3.68. The molecule has 19 heavy (non-hydrogen) atoms. The quantitative estimate of drug-likeness (QED) is 0.821. The predicted molar refractivity (Wildman–Crippen MR) is 78.4 cm³/mol. The third kappa shape index (κ3) is 3.19. The van der Waals surface area contributed by atoms with Crippen molar-refractivity contribution < 1.29 is 9.21 Å². The highest BCUT2D eigenvalue weighted by Gasteiger charge is 2.21. The molecule has 0 bridgehead atoms. The summed E-state index contributed by atoms with van der Waals surface area (Å²) in [5.41, 5.74) is 0.981. The molecule has 2 aromatic rings. The summed E-state index contributed by atoms with van der Waals surface area (Å²) in [6, 6.07) is 10.7. The van der Waals surface area contributed by atoms with E-state index in [1.54, 1.807) is 24.1 Å². The van der Waals surface area contributed by atoms with Crippen molar-refractivity contribution in [3.8, 4) is 0 Å². The van der Waals surface area contributed by atoms with Crippen molar-refractivity contribution >= 4 is 33.4 Å². The summed E-state index contributed by atoms with van der Waals surface area (Å²) in [4.78, 5) is 13.9. The van der Waals surface area contributed by atoms with E-state index in [2.05, 4.69) is 15.9 Å². The van der Waals surface area contributed by atoms with Crippen molar-refractivity contribution in [3.63, 3.8) is 0 Å². The van der Waals surface area contributed by atoms with Gasteiger partial charge in [-0.05, 0) is 52.7 Å². The standard InChI is InChI=1S/C14H13BrClNO2/c1-9(10-4-3-5-11(16)8-10)17(2)14(18)12-6-7-13(15)19-12/h3-9H,1-2H3. The highest BCUT2D eigenvalue weighted by atomic mass is 79.9. The molecule has 0 aliphatic heterocycles. The summed E-state index contributed by atoms with van der Waals surface area (Å²) in [6.45, 7) is 1.95. The van der Waals surface area contributed by atoms with Crippen LogP contribution in [-0.2, 0) is 0 Å². The van der Waals surface area contributed by atoms with Crippen molar-refractivity contribution in [1.82, 2.24) is 4.90 Å². The van der Waals surface area contributed by atoms with Crippen molar-refractivity contribution in [2.45, 2.75) is 13.0 Å². The Kier molecular flexibility index (Phi) is 4.32. The molecule has 0 N–H and O–H groups in total. The lowest BCUT2D eigenvalue weighted by atomic mass is 10.1. The van der Waals surface area contributed by atoms with Crippen molar-refractivity contribution in [1.29, 1.82) is 0 Å². The van der Waals surface area contributed by atoms with Gasteiger partial charge in [0.15, 0.2) is 10.4 Å². The molecule has 3 nitrogen and oxygen atoms in total. The second kappa shape index (κ2) is 5.80. The number of carbonyl (C=O) groups excluding carboxylic acids is 1. The molecule has 1 unspecified atom stereocenters. The first-order valence-electron chi connectivity index (χ1n) is 5.77. The molecular weight excluding hydrogens is 330 g/mol. The third-order valence-electron chi connectivity index (χ3n) is 3.02. The smallest absolute Gasteiger partial charge is 0.289 e. The molecule has 1 aromatic heterocycles. The molecule has 0 aliphatic carbocycles. The number of halogens is 2. The maximum atomic E-state index is 12.2. The zero-order valence-corrected chi connectivity index (χ0v) is 12.9. The van der Waals surface area contributed by atoms with E-state index in [1.165, 1.54) is 0 Å². The van der Waals surface area contributed by atoms with Crippen LogP contribution < -0.4 is 0 Å². The zero-order valence-electron chi connectivity index (χ0n) is 10.6. The average molecular weight is 343 g/mol. The number of hydrogen-bond donors (Lipinski definition) is 0. The molecule has 5 heteroatoms. The number of furan rings is 1. The highest BCUT2D eigenvalue weighted by Crippen LogP contribution is 2.24. The molecule has 1 atom stereocenters. The van der Waals surface area contributed by atoms with E-state index in [-0.39, 0.29) is 11.9 Å². The second-order valence-corrected chi connectivity index (χ2v) is 5.47. The van der Waals surface area contributed by atoms with Crippen molar-refractivity contribution in [2.75, 3.05) is 7.05 Å². The number of benzene rings is 1. The van der Waals surface area contributed by atoms with E-state index in [0.717, 1.165) is 5.56 Å². The van der Waals surface area contributed by atoms with Crippen LogP contribution in [0.2, 0.25) is 5.02 Å². The number of amides is 1. The van der Waals surface area contributed by atoms with Gasteiger partial charge in [0.1, 0.15) is 0 Å². The molecule has 2 rings (SSSR count). The zero-order chi connectivity index (χ0) is 14.0. The number of nitrogens with zero attached hydrogens (tertiary/aromatic N) is 1. The van der Waals surface area contributed by atoms with Gasteiger partial charge in [-0.25, -0.2) is 0 Å². The van der Waals surface area contributed by atoms with E-state index in [9.17, 15) is 4.79 Å². The molecule has 100 valence electrons. The van der Waals surface area contributed by atoms with Gasteiger partial charge in [-0.2, -0.15) is 0 Å². The van der Waals surface area contributed by atoms with Gasteiger partial charge < -0.3 is 9.32 Å². The SMILES string of the molecule is CC(c1cccc(Cl)c1)N(C)C(=O)c1ccc(Br)o1. The lowest BCUT2D eigenvalue weighted by Crippen LogP contribution is -2.29. The normalized spacial score (nSPS) is 12.2. The maximum Gasteiger partial charge on any atom is 0.289 e. The van der Waals surface area contributed by atoms with Crippen LogP contribution in [0.1, 0.15) is 29.1 Å². The van der Waals surface area contributed by atoms with Gasteiger partial charge in [0.25, 0.3) is 5.91 Å². The van der Waals surface area contributed by atoms with E-state index < -0.39 is 0 Å². The molecule has 1 aromatic carbocycles. The Bertz CT molecular complexity index is 597. The minimum absolute atomic E-state index is 0.0879. The lowest BCUT2D eigenvalue weighted by Gasteiger charge is -2.24. The second-order valence-electron chi connectivity index (χ2n) is 4.25. The summed E-state index contributed by atoms with van der Waals surface area (Å²) in [6.07, 6.45) is 0. The maximum absolute atomic E-state index is 12.2. The van der Waals surface area contributed by atoms with Gasteiger partial charge >= 0.3 is 0 Å². The summed E-state index contributed by atoms with van der Waals surface area (Å²) in [5.74, 6) is 0.140. The van der Waals surface area contributed by atoms with Crippen molar-refractivity contribution in [3.05, 3.63) is 57.4 Å². The van der Waals surface area contributed by atoms with Gasteiger partial charge in [0, 0.05) is 12.1 Å². The first kappa shape index (κ1) is 14.2. The van der Waals surface area contributed by atoms with Crippen LogP contribution in [0, 0.1) is 0 Å². The Morgan fingerprint density at radius 2 is 2.11 bits per heavy atom. The molecule has 0 fully saturated rings. The monoisotopic (exact) mass is 341 g/mol. The first-order valence-corrected chi connectivity index (χ1v) is 6.94. The topological polar surface area (TPSA) is 33.5 Å². The summed E-state index contributed by atoms with van der Waals surface area (Å²) >= 11 is 9.15. The Morgan fingerprint density at radius 1 is 1.37 bits per heavy atom. The van der Waals surface area contributed by atoms with Crippen LogP contribution in [0.4, 0.5) is 0 Å². The molecule has 1 amide bonds. The van der Waals surface area contributed by atoms with Gasteiger partial charge in [-0.15, -0.1) is 0 Å². The number of carbonyl (C=O) groups is 1. The Hall–Kier alpha value is -1.26. The van der Waals surface area contributed by atoms with Gasteiger partial charge in [-0.3, -0.25) is 4.79 Å². The molecule has 1 heterocycles. The average Bonchev–Trinajstić information content (AvgIpc) is 2.83. The van der Waals surface area contributed by atoms with Crippen LogP contribution in [-0.4, -0.2) is 17.9 Å². The van der Waals surface area contributed by atoms with Crippen LogP contribution in [0.3, 0.4) is 0 Å². The number of hydrogen-bond acceptors (Lipinski definition) is 2. The molecule has 0 saturated carbocycles. The van der Waals surface area contributed by atoms with Crippen molar-refractivity contribution in [2.24, 2.45) is 0 Å². The van der Waals surface area contributed by atoms with Gasteiger partial charge in [0.05, 0.1) is 6.04 Å². The van der Waals surface area contributed by atoms with Gasteiger partial charge in [-0.1, -0.05) is 23.7 Å². The molecular formula is C14H13BrClNO2. The number of rotatable bonds is 3. The molecule has 0 aliphatic rings. The summed E-state index contributed by atoms with van der Waals surface area (Å²) in [7, 11) is 1.74. The minimum Gasteiger partial charge on any atom is -0.444 e. The van der Waals surface area contributed by atoms with E-state index in [1.807, 2.05) is 31.2 Å². The molecule has 0 spiro atoms. The van der Waals surface area contributed by atoms with Crippen LogP contribution >= 0.6 is 27.5 Å². The molecule has 0 radical (unpaired) electrons. The Balaban J connectivity index is 2.19. The van der Waals surface area contributed by atoms with Crippen LogP contribution in [0.25, 0.3) is 0 Å². The van der Waals surface area contributed by atoms with Crippen LogP contribution in [0.5, 0.6) is 0 Å². The van der Waals surface area contributed by atoms with Crippen LogP contribution in [0.15, 0.2) is 45.5 Å². The van der Waals surface area contributed by atoms with E-state index in [4.69, 9.17) is 16.0 Å². The Morgan fingerprint density at radius 3 is 2.68 bits per heavy atom. The van der Waals surface area contributed by atoms with Gasteiger partial charge in [0.2, 0.25) is 0 Å².